The molecule has 2 aromatic rings. The molecule has 0 saturated heterocycles. The Morgan fingerprint density at radius 1 is 1.40 bits per heavy atom. The number of rotatable bonds is 2. The van der Waals surface area contributed by atoms with E-state index in [0.717, 1.165) is 22.9 Å². The summed E-state index contributed by atoms with van der Waals surface area (Å²) in [6.07, 6.45) is 2.72. The number of nitrogens with one attached hydrogen (secondary N) is 1. The van der Waals surface area contributed by atoms with Crippen LogP contribution in [-0.2, 0) is 4.79 Å². The Morgan fingerprint density at radius 2 is 2.20 bits per heavy atom. The number of H-pyrrole nitrogens is 1. The van der Waals surface area contributed by atoms with E-state index >= 15 is 0 Å². The van der Waals surface area contributed by atoms with E-state index in [1.165, 1.54) is 0 Å². The van der Waals surface area contributed by atoms with Gasteiger partial charge in [-0.05, 0) is 18.1 Å². The summed E-state index contributed by atoms with van der Waals surface area (Å²) >= 11 is 0. The van der Waals surface area contributed by atoms with Crippen LogP contribution >= 0.6 is 0 Å². The van der Waals surface area contributed by atoms with Crippen molar-refractivity contribution in [2.45, 2.75) is 12.3 Å². The standard InChI is InChI=1S/C12H11NO2/c14-12(15)9-5-8(9)10-6-13-11-4-2-1-3-7(10)11/h1-4,6,8-9,13H,5H2,(H,14,15)/t8?,9-/m0/s1. The number of hydrogen-bond donors (Lipinski definition) is 2. The summed E-state index contributed by atoms with van der Waals surface area (Å²) in [6.45, 7) is 0. The van der Waals surface area contributed by atoms with E-state index in [0.29, 0.717) is 0 Å². The molecule has 15 heavy (non-hydrogen) atoms. The number of benzene rings is 1. The third-order valence-electron chi connectivity index (χ3n) is 3.13. The highest BCUT2D eigenvalue weighted by Gasteiger charge is 2.45. The number of carboxylic acid groups (broad SMARTS) is 1. The summed E-state index contributed by atoms with van der Waals surface area (Å²) < 4.78 is 0. The van der Waals surface area contributed by atoms with Crippen molar-refractivity contribution in [3.8, 4) is 0 Å². The summed E-state index contributed by atoms with van der Waals surface area (Å²) in [5.74, 6) is -0.645. The van der Waals surface area contributed by atoms with Gasteiger partial charge in [0.1, 0.15) is 0 Å². The SMILES string of the molecule is O=C(O)[C@H]1CC1c1c[nH]c2ccccc12. The van der Waals surface area contributed by atoms with Crippen molar-refractivity contribution >= 4 is 16.9 Å². The van der Waals surface area contributed by atoms with Gasteiger partial charge in [-0.15, -0.1) is 0 Å². The van der Waals surface area contributed by atoms with Crippen molar-refractivity contribution < 1.29 is 9.90 Å². The maximum Gasteiger partial charge on any atom is 0.307 e. The van der Waals surface area contributed by atoms with Crippen LogP contribution in [0.5, 0.6) is 0 Å². The Balaban J connectivity index is 2.03. The molecule has 2 atom stereocenters. The van der Waals surface area contributed by atoms with E-state index in [1.54, 1.807) is 0 Å². The van der Waals surface area contributed by atoms with Gasteiger partial charge in [0.25, 0.3) is 0 Å². The van der Waals surface area contributed by atoms with Crippen molar-refractivity contribution in [2.75, 3.05) is 0 Å². The molecule has 0 aliphatic heterocycles. The number of fused-ring (bicyclic) bond motifs is 1. The first-order valence-electron chi connectivity index (χ1n) is 5.06. The zero-order valence-electron chi connectivity index (χ0n) is 8.10. The summed E-state index contributed by atoms with van der Waals surface area (Å²) in [5, 5.41) is 10.0. The van der Waals surface area contributed by atoms with Crippen molar-refractivity contribution in [1.29, 1.82) is 0 Å². The minimum Gasteiger partial charge on any atom is -0.481 e. The van der Waals surface area contributed by atoms with Gasteiger partial charge in [-0.2, -0.15) is 0 Å². The Hall–Kier alpha value is -1.77. The lowest BCUT2D eigenvalue weighted by molar-refractivity contribution is -0.138. The molecule has 3 heteroatoms. The topological polar surface area (TPSA) is 53.1 Å². The number of carboxylic acids is 1. The van der Waals surface area contributed by atoms with Gasteiger partial charge in [0, 0.05) is 23.0 Å². The van der Waals surface area contributed by atoms with Gasteiger partial charge < -0.3 is 10.1 Å². The van der Waals surface area contributed by atoms with Gasteiger partial charge >= 0.3 is 5.97 Å². The first kappa shape index (κ1) is 8.53. The van der Waals surface area contributed by atoms with E-state index in [9.17, 15) is 4.79 Å². The van der Waals surface area contributed by atoms with Crippen LogP contribution in [0.15, 0.2) is 30.5 Å². The van der Waals surface area contributed by atoms with E-state index in [2.05, 4.69) is 4.98 Å². The largest absolute Gasteiger partial charge is 0.481 e. The van der Waals surface area contributed by atoms with Gasteiger partial charge in [0.15, 0.2) is 0 Å². The highest BCUT2D eigenvalue weighted by molar-refractivity contribution is 5.86. The predicted octanol–water partition coefficient (Wildman–Crippen LogP) is 2.36. The van der Waals surface area contributed by atoms with Crippen molar-refractivity contribution in [3.63, 3.8) is 0 Å². The lowest BCUT2D eigenvalue weighted by Crippen LogP contribution is -1.98. The van der Waals surface area contributed by atoms with Gasteiger partial charge in [-0.25, -0.2) is 0 Å². The first-order chi connectivity index (χ1) is 7.27. The number of para-hydroxylation sites is 1. The molecule has 1 heterocycles. The molecule has 1 aliphatic rings. The summed E-state index contributed by atoms with van der Waals surface area (Å²) in [5.41, 5.74) is 2.24. The maximum absolute atomic E-state index is 10.8. The molecule has 1 unspecified atom stereocenters. The fraction of sp³-hybridized carbons (Fsp3) is 0.250. The Labute approximate surface area is 86.7 Å². The fourth-order valence-electron chi connectivity index (χ4n) is 2.21. The zero-order chi connectivity index (χ0) is 10.4. The van der Waals surface area contributed by atoms with Crippen LogP contribution < -0.4 is 0 Å². The maximum atomic E-state index is 10.8. The third kappa shape index (κ3) is 1.23. The van der Waals surface area contributed by atoms with Crippen LogP contribution in [0.25, 0.3) is 10.9 Å². The van der Waals surface area contributed by atoms with Crippen molar-refractivity contribution in [2.24, 2.45) is 5.92 Å². The quantitative estimate of drug-likeness (QED) is 0.783. The van der Waals surface area contributed by atoms with Crippen LogP contribution in [0.2, 0.25) is 0 Å². The number of carbonyl (C=O) groups is 1. The minimum atomic E-state index is -0.676. The smallest absolute Gasteiger partial charge is 0.307 e. The Kier molecular flexibility index (Phi) is 1.63. The zero-order valence-corrected chi connectivity index (χ0v) is 8.10. The molecule has 0 radical (unpaired) electrons. The molecular weight excluding hydrogens is 190 g/mol. The van der Waals surface area contributed by atoms with Crippen LogP contribution in [0.4, 0.5) is 0 Å². The molecule has 3 rings (SSSR count). The number of aromatic nitrogens is 1. The number of aliphatic carboxylic acids is 1. The highest BCUT2D eigenvalue weighted by atomic mass is 16.4. The second-order valence-electron chi connectivity index (χ2n) is 4.08. The number of hydrogen-bond acceptors (Lipinski definition) is 1. The molecule has 0 amide bonds. The molecule has 3 nitrogen and oxygen atoms in total. The van der Waals surface area contributed by atoms with Gasteiger partial charge in [-0.3, -0.25) is 4.79 Å². The first-order valence-corrected chi connectivity index (χ1v) is 5.06. The summed E-state index contributed by atoms with van der Waals surface area (Å²) in [4.78, 5) is 14.0. The molecule has 0 bridgehead atoms. The van der Waals surface area contributed by atoms with Gasteiger partial charge in [0.2, 0.25) is 0 Å². The van der Waals surface area contributed by atoms with Crippen LogP contribution in [0, 0.1) is 5.92 Å². The summed E-state index contributed by atoms with van der Waals surface area (Å²) in [7, 11) is 0. The van der Waals surface area contributed by atoms with E-state index in [4.69, 9.17) is 5.11 Å². The van der Waals surface area contributed by atoms with Crippen LogP contribution in [-0.4, -0.2) is 16.1 Å². The monoisotopic (exact) mass is 201 g/mol. The molecular formula is C12H11NO2. The lowest BCUT2D eigenvalue weighted by Gasteiger charge is -1.95. The second kappa shape index (κ2) is 2.86. The van der Waals surface area contributed by atoms with Crippen molar-refractivity contribution in [1.82, 2.24) is 4.98 Å². The van der Waals surface area contributed by atoms with E-state index in [-0.39, 0.29) is 11.8 Å². The predicted molar refractivity (Wildman–Crippen MR) is 56.8 cm³/mol. The Bertz CT molecular complexity index is 529. The van der Waals surface area contributed by atoms with Gasteiger partial charge in [0.05, 0.1) is 5.92 Å². The molecule has 76 valence electrons. The second-order valence-corrected chi connectivity index (χ2v) is 4.08. The van der Waals surface area contributed by atoms with Gasteiger partial charge in [-0.1, -0.05) is 18.2 Å². The van der Waals surface area contributed by atoms with Crippen molar-refractivity contribution in [3.05, 3.63) is 36.0 Å². The molecule has 1 aromatic carbocycles. The van der Waals surface area contributed by atoms with E-state index in [1.807, 2.05) is 30.5 Å². The molecule has 1 fully saturated rings. The normalized spacial score (nSPS) is 24.3. The molecule has 2 N–H and O–H groups in total. The molecule has 1 saturated carbocycles. The third-order valence-corrected chi connectivity index (χ3v) is 3.13. The minimum absolute atomic E-state index is 0.177. The number of aromatic amines is 1. The van der Waals surface area contributed by atoms with Crippen LogP contribution in [0.1, 0.15) is 17.9 Å². The van der Waals surface area contributed by atoms with Crippen LogP contribution in [0.3, 0.4) is 0 Å². The lowest BCUT2D eigenvalue weighted by atomic mass is 10.1. The van der Waals surface area contributed by atoms with E-state index < -0.39 is 5.97 Å². The Morgan fingerprint density at radius 3 is 2.93 bits per heavy atom. The average Bonchev–Trinajstić information content (AvgIpc) is 2.92. The molecule has 1 aliphatic carbocycles. The summed E-state index contributed by atoms with van der Waals surface area (Å²) in [6, 6.07) is 8.01. The average molecular weight is 201 g/mol. The molecule has 1 aromatic heterocycles. The fourth-order valence-corrected chi connectivity index (χ4v) is 2.21. The molecule has 0 spiro atoms. The highest BCUT2D eigenvalue weighted by Crippen LogP contribution is 2.49.